The van der Waals surface area contributed by atoms with Crippen LogP contribution in [0.2, 0.25) is 0 Å². The molecule has 0 N–H and O–H groups in total. The molecule has 0 aliphatic carbocycles. The summed E-state index contributed by atoms with van der Waals surface area (Å²) in [5, 5.41) is 2.28. The highest BCUT2D eigenvalue weighted by molar-refractivity contribution is 9.10. The average Bonchev–Trinajstić information content (AvgIpc) is 2.45. The highest BCUT2D eigenvalue weighted by atomic mass is 79.9. The summed E-state index contributed by atoms with van der Waals surface area (Å²) in [6.07, 6.45) is 0. The van der Waals surface area contributed by atoms with Crippen molar-refractivity contribution >= 4 is 26.7 Å². The second-order valence-electron chi connectivity index (χ2n) is 5.42. The maximum atomic E-state index is 6.24. The fourth-order valence-electron chi connectivity index (χ4n) is 2.76. The van der Waals surface area contributed by atoms with Crippen molar-refractivity contribution in [3.8, 4) is 11.5 Å². The Morgan fingerprint density at radius 1 is 0.810 bits per heavy atom. The van der Waals surface area contributed by atoms with Crippen molar-refractivity contribution in [1.82, 2.24) is 0 Å². The largest absolute Gasteiger partial charge is 0.456 e. The van der Waals surface area contributed by atoms with Crippen molar-refractivity contribution < 1.29 is 4.74 Å². The lowest BCUT2D eigenvalue weighted by atomic mass is 10.1. The van der Waals surface area contributed by atoms with Crippen molar-refractivity contribution in [2.75, 3.05) is 0 Å². The molecule has 106 valence electrons. The van der Waals surface area contributed by atoms with Gasteiger partial charge in [0.1, 0.15) is 11.5 Å². The van der Waals surface area contributed by atoms with E-state index in [4.69, 9.17) is 4.74 Å². The molecule has 0 saturated carbocycles. The van der Waals surface area contributed by atoms with Gasteiger partial charge in [-0.1, -0.05) is 57.9 Å². The van der Waals surface area contributed by atoms with Crippen molar-refractivity contribution in [1.29, 1.82) is 0 Å². The molecule has 0 aliphatic rings. The predicted octanol–water partition coefficient (Wildman–Crippen LogP) is 6.32. The molecule has 1 nitrogen and oxygen atoms in total. The Balaban J connectivity index is 2.13. The lowest BCUT2D eigenvalue weighted by Crippen LogP contribution is -1.93. The molecule has 0 spiro atoms. The number of aryl methyl sites for hydroxylation is 3. The summed E-state index contributed by atoms with van der Waals surface area (Å²) >= 11 is 3.60. The average molecular weight is 341 g/mol. The Labute approximate surface area is 133 Å². The summed E-state index contributed by atoms with van der Waals surface area (Å²) in [4.78, 5) is 0. The van der Waals surface area contributed by atoms with E-state index in [-0.39, 0.29) is 0 Å². The fourth-order valence-corrected chi connectivity index (χ4v) is 3.24. The van der Waals surface area contributed by atoms with Crippen molar-refractivity contribution in [2.45, 2.75) is 20.8 Å². The summed E-state index contributed by atoms with van der Waals surface area (Å²) in [6, 6.07) is 16.6. The lowest BCUT2D eigenvalue weighted by Gasteiger charge is -2.15. The first-order valence-corrected chi connectivity index (χ1v) is 7.78. The van der Waals surface area contributed by atoms with E-state index >= 15 is 0 Å². The van der Waals surface area contributed by atoms with Crippen LogP contribution in [-0.4, -0.2) is 0 Å². The maximum absolute atomic E-state index is 6.24. The second-order valence-corrected chi connectivity index (χ2v) is 6.28. The van der Waals surface area contributed by atoms with Crippen LogP contribution in [0, 0.1) is 20.8 Å². The van der Waals surface area contributed by atoms with Crippen LogP contribution in [0.25, 0.3) is 10.8 Å². The number of benzene rings is 3. The molecule has 0 heterocycles. The van der Waals surface area contributed by atoms with Gasteiger partial charge in [0.05, 0.1) is 0 Å². The number of ether oxygens (including phenoxy) is 1. The van der Waals surface area contributed by atoms with Crippen LogP contribution in [0.5, 0.6) is 11.5 Å². The zero-order valence-corrected chi connectivity index (χ0v) is 14.0. The zero-order valence-electron chi connectivity index (χ0n) is 12.4. The molecule has 0 fully saturated rings. The standard InChI is InChI=1S/C19H17BrO/c1-12-10-13(2)19(14(3)11-12)21-18-9-8-17(20)15-6-4-5-7-16(15)18/h4-11H,1-3H3. The van der Waals surface area contributed by atoms with E-state index in [1.54, 1.807) is 0 Å². The van der Waals surface area contributed by atoms with Gasteiger partial charge < -0.3 is 4.74 Å². The molecule has 2 heteroatoms. The number of halogens is 1. The van der Waals surface area contributed by atoms with Gasteiger partial charge in [-0.05, 0) is 49.4 Å². The predicted molar refractivity (Wildman–Crippen MR) is 92.4 cm³/mol. The molecule has 0 aromatic heterocycles. The molecular weight excluding hydrogens is 324 g/mol. The van der Waals surface area contributed by atoms with Crippen molar-refractivity contribution in [3.63, 3.8) is 0 Å². The first-order chi connectivity index (χ1) is 10.1. The monoisotopic (exact) mass is 340 g/mol. The summed E-state index contributed by atoms with van der Waals surface area (Å²) in [6.45, 7) is 6.30. The minimum Gasteiger partial charge on any atom is -0.456 e. The number of hydrogen-bond acceptors (Lipinski definition) is 1. The third-order valence-electron chi connectivity index (χ3n) is 3.65. The van der Waals surface area contributed by atoms with Gasteiger partial charge in [-0.2, -0.15) is 0 Å². The molecule has 0 amide bonds. The molecular formula is C19H17BrO. The van der Waals surface area contributed by atoms with Gasteiger partial charge in [0.25, 0.3) is 0 Å². The lowest BCUT2D eigenvalue weighted by molar-refractivity contribution is 0.480. The summed E-state index contributed by atoms with van der Waals surface area (Å²) < 4.78 is 7.33. The first-order valence-electron chi connectivity index (χ1n) is 6.99. The van der Waals surface area contributed by atoms with Crippen LogP contribution in [0.4, 0.5) is 0 Å². The van der Waals surface area contributed by atoms with E-state index in [1.807, 2.05) is 24.3 Å². The van der Waals surface area contributed by atoms with Crippen LogP contribution in [0.3, 0.4) is 0 Å². The highest BCUT2D eigenvalue weighted by Crippen LogP contribution is 2.36. The number of hydrogen-bond donors (Lipinski definition) is 0. The van der Waals surface area contributed by atoms with Crippen LogP contribution in [0.15, 0.2) is 53.0 Å². The van der Waals surface area contributed by atoms with Crippen molar-refractivity contribution in [2.24, 2.45) is 0 Å². The van der Waals surface area contributed by atoms with E-state index in [0.717, 1.165) is 26.7 Å². The molecule has 3 aromatic rings. The van der Waals surface area contributed by atoms with Gasteiger partial charge in [0.2, 0.25) is 0 Å². The molecule has 0 aliphatic heterocycles. The van der Waals surface area contributed by atoms with Crippen LogP contribution >= 0.6 is 15.9 Å². The van der Waals surface area contributed by atoms with Gasteiger partial charge in [-0.15, -0.1) is 0 Å². The number of fused-ring (bicyclic) bond motifs is 1. The van der Waals surface area contributed by atoms with E-state index in [2.05, 4.69) is 61.0 Å². The molecule has 3 rings (SSSR count). The normalized spacial score (nSPS) is 10.9. The third kappa shape index (κ3) is 2.68. The molecule has 0 unspecified atom stereocenters. The fraction of sp³-hybridized carbons (Fsp3) is 0.158. The minimum atomic E-state index is 0.892. The molecule has 0 saturated heterocycles. The van der Waals surface area contributed by atoms with Crippen LogP contribution in [-0.2, 0) is 0 Å². The Morgan fingerprint density at radius 3 is 2.10 bits per heavy atom. The third-order valence-corrected chi connectivity index (χ3v) is 4.34. The second kappa shape index (κ2) is 5.53. The minimum absolute atomic E-state index is 0.892. The Kier molecular flexibility index (Phi) is 3.73. The first kappa shape index (κ1) is 14.2. The van der Waals surface area contributed by atoms with E-state index in [1.165, 1.54) is 16.7 Å². The smallest absolute Gasteiger partial charge is 0.135 e. The quantitative estimate of drug-likeness (QED) is 0.530. The summed E-state index contributed by atoms with van der Waals surface area (Å²) in [5.74, 6) is 1.84. The van der Waals surface area contributed by atoms with Gasteiger partial charge in [-0.25, -0.2) is 0 Å². The van der Waals surface area contributed by atoms with Crippen molar-refractivity contribution in [3.05, 3.63) is 69.7 Å². The summed E-state index contributed by atoms with van der Waals surface area (Å²) in [7, 11) is 0. The van der Waals surface area contributed by atoms with E-state index < -0.39 is 0 Å². The zero-order chi connectivity index (χ0) is 15.0. The highest BCUT2D eigenvalue weighted by Gasteiger charge is 2.10. The molecule has 3 aromatic carbocycles. The molecule has 21 heavy (non-hydrogen) atoms. The van der Waals surface area contributed by atoms with E-state index in [9.17, 15) is 0 Å². The molecule has 0 radical (unpaired) electrons. The Morgan fingerprint density at radius 2 is 1.43 bits per heavy atom. The van der Waals surface area contributed by atoms with E-state index in [0.29, 0.717) is 0 Å². The SMILES string of the molecule is Cc1cc(C)c(Oc2ccc(Br)c3ccccc23)c(C)c1. The Hall–Kier alpha value is -1.80. The topological polar surface area (TPSA) is 9.23 Å². The van der Waals surface area contributed by atoms with Crippen LogP contribution in [0.1, 0.15) is 16.7 Å². The molecule has 0 atom stereocenters. The summed E-state index contributed by atoms with van der Waals surface area (Å²) in [5.41, 5.74) is 3.59. The maximum Gasteiger partial charge on any atom is 0.135 e. The van der Waals surface area contributed by atoms with Gasteiger partial charge in [-0.3, -0.25) is 0 Å². The van der Waals surface area contributed by atoms with Gasteiger partial charge in [0, 0.05) is 9.86 Å². The number of rotatable bonds is 2. The van der Waals surface area contributed by atoms with Gasteiger partial charge >= 0.3 is 0 Å². The van der Waals surface area contributed by atoms with Crippen LogP contribution < -0.4 is 4.74 Å². The Bertz CT molecular complexity index is 798. The molecule has 0 bridgehead atoms. The van der Waals surface area contributed by atoms with Gasteiger partial charge in [0.15, 0.2) is 0 Å².